The van der Waals surface area contributed by atoms with Gasteiger partial charge in [0.05, 0.1) is 12.0 Å². The number of nitrogens with zero attached hydrogens (tertiary/aromatic N) is 2. The van der Waals surface area contributed by atoms with E-state index < -0.39 is 11.0 Å². The van der Waals surface area contributed by atoms with Crippen LogP contribution in [-0.2, 0) is 16.1 Å². The van der Waals surface area contributed by atoms with E-state index in [1.165, 1.54) is 30.2 Å². The number of amides is 2. The molecule has 1 aliphatic carbocycles. The number of halogens is 1. The summed E-state index contributed by atoms with van der Waals surface area (Å²) >= 11 is 3.40. The Balaban J connectivity index is 1.73. The van der Waals surface area contributed by atoms with E-state index in [9.17, 15) is 19.7 Å². The molecule has 3 rings (SSSR count). The zero-order chi connectivity index (χ0) is 24.7. The predicted molar refractivity (Wildman–Crippen MR) is 130 cm³/mol. The fraction of sp³-hybridized carbons (Fsp3) is 0.417. The molecular formula is C24H28BrN3O6. The van der Waals surface area contributed by atoms with Gasteiger partial charge < -0.3 is 19.7 Å². The van der Waals surface area contributed by atoms with Crippen molar-refractivity contribution < 1.29 is 24.0 Å². The lowest BCUT2D eigenvalue weighted by Gasteiger charge is -2.29. The minimum atomic E-state index is -0.702. The molecule has 0 spiro atoms. The van der Waals surface area contributed by atoms with Gasteiger partial charge in [-0.3, -0.25) is 19.7 Å². The standard InChI is InChI=1S/C24H28BrN3O6/c1-16(24(30)26-19-5-3-4-6-19)27(14-17-7-9-18(25)10-8-17)23(29)15-34-20-11-12-21(28(31)32)22(13-20)33-2/h7-13,16,19H,3-6,14-15H2,1-2H3,(H,26,30). The monoisotopic (exact) mass is 533 g/mol. The second kappa shape index (κ2) is 11.8. The fourth-order valence-corrected chi connectivity index (χ4v) is 4.15. The van der Waals surface area contributed by atoms with E-state index in [0.29, 0.717) is 0 Å². The number of hydrogen-bond acceptors (Lipinski definition) is 6. The minimum Gasteiger partial charge on any atom is -0.490 e. The molecule has 0 aromatic heterocycles. The molecule has 1 aliphatic rings. The van der Waals surface area contributed by atoms with Crippen LogP contribution in [-0.4, -0.2) is 47.4 Å². The summed E-state index contributed by atoms with van der Waals surface area (Å²) in [5.74, 6) is -0.294. The first-order chi connectivity index (χ1) is 16.3. The maximum Gasteiger partial charge on any atom is 0.311 e. The summed E-state index contributed by atoms with van der Waals surface area (Å²) in [5, 5.41) is 14.1. The Kier molecular flexibility index (Phi) is 8.86. The van der Waals surface area contributed by atoms with E-state index in [4.69, 9.17) is 9.47 Å². The van der Waals surface area contributed by atoms with Gasteiger partial charge in [-0.2, -0.15) is 0 Å². The van der Waals surface area contributed by atoms with Crippen molar-refractivity contribution in [3.05, 3.63) is 62.6 Å². The third-order valence-electron chi connectivity index (χ3n) is 5.85. The van der Waals surface area contributed by atoms with Crippen molar-refractivity contribution in [1.82, 2.24) is 10.2 Å². The summed E-state index contributed by atoms with van der Waals surface area (Å²) in [4.78, 5) is 38.1. The average molecular weight is 534 g/mol. The molecule has 0 heterocycles. The van der Waals surface area contributed by atoms with Crippen molar-refractivity contribution in [3.63, 3.8) is 0 Å². The molecule has 0 saturated heterocycles. The molecule has 0 aliphatic heterocycles. The zero-order valence-electron chi connectivity index (χ0n) is 19.2. The summed E-state index contributed by atoms with van der Waals surface area (Å²) in [6.07, 6.45) is 4.08. The number of nitro benzene ring substituents is 1. The summed E-state index contributed by atoms with van der Waals surface area (Å²) < 4.78 is 11.6. The maximum absolute atomic E-state index is 13.2. The number of hydrogen-bond donors (Lipinski definition) is 1. The Bertz CT molecular complexity index is 1020. The smallest absolute Gasteiger partial charge is 0.311 e. The number of rotatable bonds is 10. The Hall–Kier alpha value is -3.14. The molecule has 1 unspecified atom stereocenters. The van der Waals surface area contributed by atoms with Gasteiger partial charge >= 0.3 is 5.69 Å². The van der Waals surface area contributed by atoms with Crippen LogP contribution in [0.3, 0.4) is 0 Å². The van der Waals surface area contributed by atoms with E-state index in [1.54, 1.807) is 6.92 Å². The van der Waals surface area contributed by atoms with Crippen LogP contribution in [0.25, 0.3) is 0 Å². The van der Waals surface area contributed by atoms with Crippen molar-refractivity contribution in [2.24, 2.45) is 0 Å². The van der Waals surface area contributed by atoms with Gasteiger partial charge in [0.2, 0.25) is 11.7 Å². The lowest BCUT2D eigenvalue weighted by molar-refractivity contribution is -0.385. The highest BCUT2D eigenvalue weighted by Crippen LogP contribution is 2.30. The van der Waals surface area contributed by atoms with Crippen LogP contribution < -0.4 is 14.8 Å². The Morgan fingerprint density at radius 1 is 1.21 bits per heavy atom. The van der Waals surface area contributed by atoms with Crippen LogP contribution in [0.4, 0.5) is 5.69 Å². The van der Waals surface area contributed by atoms with Gasteiger partial charge in [-0.1, -0.05) is 40.9 Å². The molecule has 2 aromatic carbocycles. The average Bonchev–Trinajstić information content (AvgIpc) is 3.34. The summed E-state index contributed by atoms with van der Waals surface area (Å²) in [7, 11) is 1.32. The third kappa shape index (κ3) is 6.69. The van der Waals surface area contributed by atoms with Gasteiger partial charge in [0.25, 0.3) is 5.91 Å². The van der Waals surface area contributed by atoms with Crippen LogP contribution in [0, 0.1) is 10.1 Å². The number of carbonyl (C=O) groups is 2. The van der Waals surface area contributed by atoms with Crippen molar-refractivity contribution >= 4 is 33.4 Å². The van der Waals surface area contributed by atoms with Gasteiger partial charge in [0.15, 0.2) is 6.61 Å². The Labute approximate surface area is 206 Å². The first-order valence-corrected chi connectivity index (χ1v) is 11.9. The molecule has 9 nitrogen and oxygen atoms in total. The zero-order valence-corrected chi connectivity index (χ0v) is 20.7. The summed E-state index contributed by atoms with van der Waals surface area (Å²) in [6, 6.07) is 11.0. The minimum absolute atomic E-state index is 0.0333. The number of nitrogens with one attached hydrogen (secondary N) is 1. The van der Waals surface area contributed by atoms with Crippen LogP contribution in [0.5, 0.6) is 11.5 Å². The predicted octanol–water partition coefficient (Wildman–Crippen LogP) is 4.22. The molecule has 1 N–H and O–H groups in total. The maximum atomic E-state index is 13.2. The first-order valence-electron chi connectivity index (χ1n) is 11.1. The quantitative estimate of drug-likeness (QED) is 0.361. The van der Waals surface area contributed by atoms with E-state index in [0.717, 1.165) is 35.7 Å². The molecule has 0 bridgehead atoms. The second-order valence-corrected chi connectivity index (χ2v) is 9.11. The topological polar surface area (TPSA) is 111 Å². The molecule has 1 fully saturated rings. The van der Waals surface area contributed by atoms with Crippen molar-refractivity contribution in [2.75, 3.05) is 13.7 Å². The molecule has 10 heteroatoms. The lowest BCUT2D eigenvalue weighted by Crippen LogP contribution is -2.50. The highest BCUT2D eigenvalue weighted by Gasteiger charge is 2.29. The second-order valence-electron chi connectivity index (χ2n) is 8.19. The normalized spacial score (nSPS) is 14.3. The highest BCUT2D eigenvalue weighted by molar-refractivity contribution is 9.10. The number of ether oxygens (including phenoxy) is 2. The van der Waals surface area contributed by atoms with Gasteiger partial charge in [0, 0.05) is 29.2 Å². The number of nitro groups is 1. The molecule has 0 radical (unpaired) electrons. The van der Waals surface area contributed by atoms with Crippen molar-refractivity contribution in [1.29, 1.82) is 0 Å². The van der Waals surface area contributed by atoms with Gasteiger partial charge in [-0.05, 0) is 43.5 Å². The van der Waals surface area contributed by atoms with Crippen molar-refractivity contribution in [3.8, 4) is 11.5 Å². The van der Waals surface area contributed by atoms with Crippen LogP contribution in [0.2, 0.25) is 0 Å². The summed E-state index contributed by atoms with van der Waals surface area (Å²) in [5.41, 5.74) is 0.671. The fourth-order valence-electron chi connectivity index (χ4n) is 3.89. The first kappa shape index (κ1) is 25.5. The summed E-state index contributed by atoms with van der Waals surface area (Å²) in [6.45, 7) is 1.60. The number of methoxy groups -OCH3 is 1. The third-order valence-corrected chi connectivity index (χ3v) is 6.37. The van der Waals surface area contributed by atoms with Crippen LogP contribution in [0.1, 0.15) is 38.2 Å². The van der Waals surface area contributed by atoms with Gasteiger partial charge in [-0.25, -0.2) is 0 Å². The van der Waals surface area contributed by atoms with E-state index in [2.05, 4.69) is 21.2 Å². The molecule has 2 amide bonds. The Morgan fingerprint density at radius 3 is 2.50 bits per heavy atom. The SMILES string of the molecule is COc1cc(OCC(=O)N(Cc2ccc(Br)cc2)C(C)C(=O)NC2CCCC2)ccc1[N+](=O)[O-]. The molecule has 2 aromatic rings. The van der Waals surface area contributed by atoms with Gasteiger partial charge in [-0.15, -0.1) is 0 Å². The molecule has 34 heavy (non-hydrogen) atoms. The number of benzene rings is 2. The van der Waals surface area contributed by atoms with E-state index in [1.807, 2.05) is 24.3 Å². The highest BCUT2D eigenvalue weighted by atomic mass is 79.9. The lowest BCUT2D eigenvalue weighted by atomic mass is 10.1. The molecule has 1 saturated carbocycles. The van der Waals surface area contributed by atoms with Crippen LogP contribution in [0.15, 0.2) is 46.9 Å². The number of carbonyl (C=O) groups excluding carboxylic acids is 2. The molecule has 1 atom stereocenters. The van der Waals surface area contributed by atoms with E-state index >= 15 is 0 Å². The largest absolute Gasteiger partial charge is 0.490 e. The van der Waals surface area contributed by atoms with Gasteiger partial charge in [0.1, 0.15) is 11.8 Å². The Morgan fingerprint density at radius 2 is 1.88 bits per heavy atom. The molecule has 182 valence electrons. The molecular weight excluding hydrogens is 506 g/mol. The van der Waals surface area contributed by atoms with Crippen LogP contribution >= 0.6 is 15.9 Å². The van der Waals surface area contributed by atoms with E-state index in [-0.39, 0.29) is 48.2 Å². The van der Waals surface area contributed by atoms with Crippen molar-refractivity contribution in [2.45, 2.75) is 51.2 Å².